The van der Waals surface area contributed by atoms with E-state index in [0.29, 0.717) is 5.75 Å². The molecule has 0 aliphatic rings. The molecule has 0 heterocycles. The first-order valence-corrected chi connectivity index (χ1v) is 5.95. The summed E-state index contributed by atoms with van der Waals surface area (Å²) in [4.78, 5) is 24.0. The largest absolute Gasteiger partial charge is 0.484 e. The van der Waals surface area contributed by atoms with Crippen LogP contribution in [-0.2, 0) is 14.3 Å². The SMILES string of the molecule is COC(=O)CN(C)C(=O)COc1ccc(C)c(C)c1. The van der Waals surface area contributed by atoms with Crippen molar-refractivity contribution in [3.05, 3.63) is 29.3 Å². The van der Waals surface area contributed by atoms with Gasteiger partial charge >= 0.3 is 5.97 Å². The van der Waals surface area contributed by atoms with Gasteiger partial charge in [-0.3, -0.25) is 9.59 Å². The van der Waals surface area contributed by atoms with E-state index in [1.807, 2.05) is 32.0 Å². The van der Waals surface area contributed by atoms with Gasteiger partial charge in [-0.1, -0.05) is 6.07 Å². The summed E-state index contributed by atoms with van der Waals surface area (Å²) in [6.07, 6.45) is 0. The molecule has 1 aromatic carbocycles. The van der Waals surface area contributed by atoms with E-state index in [1.165, 1.54) is 24.6 Å². The lowest BCUT2D eigenvalue weighted by Gasteiger charge is -2.16. The number of nitrogens with zero attached hydrogens (tertiary/aromatic N) is 1. The summed E-state index contributed by atoms with van der Waals surface area (Å²) in [5, 5.41) is 0. The van der Waals surface area contributed by atoms with Crippen molar-refractivity contribution >= 4 is 11.9 Å². The first kappa shape index (κ1) is 15.0. The Morgan fingerprint density at radius 3 is 2.47 bits per heavy atom. The van der Waals surface area contributed by atoms with Gasteiger partial charge in [0.25, 0.3) is 5.91 Å². The summed E-state index contributed by atoms with van der Waals surface area (Å²) in [6.45, 7) is 3.81. The minimum absolute atomic E-state index is 0.0778. The van der Waals surface area contributed by atoms with Crippen molar-refractivity contribution in [1.29, 1.82) is 0 Å². The zero-order valence-corrected chi connectivity index (χ0v) is 11.7. The van der Waals surface area contributed by atoms with Crippen LogP contribution in [0.3, 0.4) is 0 Å². The van der Waals surface area contributed by atoms with Gasteiger partial charge in [-0.2, -0.15) is 0 Å². The van der Waals surface area contributed by atoms with Crippen LogP contribution >= 0.6 is 0 Å². The number of likely N-dealkylation sites (N-methyl/N-ethyl adjacent to an activating group) is 1. The van der Waals surface area contributed by atoms with Gasteiger partial charge in [0.15, 0.2) is 6.61 Å². The van der Waals surface area contributed by atoms with Gasteiger partial charge < -0.3 is 14.4 Å². The summed E-state index contributed by atoms with van der Waals surface area (Å²) in [7, 11) is 2.81. The molecule has 5 nitrogen and oxygen atoms in total. The second kappa shape index (κ2) is 6.78. The number of benzene rings is 1. The Labute approximate surface area is 113 Å². The molecule has 1 amide bonds. The summed E-state index contributed by atoms with van der Waals surface area (Å²) in [5.41, 5.74) is 2.27. The predicted octanol–water partition coefficient (Wildman–Crippen LogP) is 1.31. The molecule has 5 heteroatoms. The zero-order valence-electron chi connectivity index (χ0n) is 11.7. The van der Waals surface area contributed by atoms with Crippen LogP contribution in [0, 0.1) is 13.8 Å². The number of carbonyl (C=O) groups excluding carboxylic acids is 2. The number of amides is 1. The molecule has 0 radical (unpaired) electrons. The lowest BCUT2D eigenvalue weighted by molar-refractivity contribution is -0.146. The maximum absolute atomic E-state index is 11.7. The minimum Gasteiger partial charge on any atom is -0.484 e. The monoisotopic (exact) mass is 265 g/mol. The van der Waals surface area contributed by atoms with Gasteiger partial charge in [0, 0.05) is 7.05 Å². The molecule has 0 saturated heterocycles. The molecule has 1 aromatic rings. The van der Waals surface area contributed by atoms with Gasteiger partial charge in [-0.05, 0) is 37.1 Å². The van der Waals surface area contributed by atoms with E-state index in [4.69, 9.17) is 4.74 Å². The van der Waals surface area contributed by atoms with Gasteiger partial charge in [0.05, 0.1) is 7.11 Å². The fourth-order valence-corrected chi connectivity index (χ4v) is 1.41. The van der Waals surface area contributed by atoms with Crippen molar-refractivity contribution in [3.8, 4) is 5.75 Å². The van der Waals surface area contributed by atoms with Gasteiger partial charge in [0.2, 0.25) is 0 Å². The molecule has 1 rings (SSSR count). The van der Waals surface area contributed by atoms with Crippen LogP contribution in [0.5, 0.6) is 5.75 Å². The summed E-state index contributed by atoms with van der Waals surface area (Å²) >= 11 is 0. The van der Waals surface area contributed by atoms with E-state index in [-0.39, 0.29) is 19.1 Å². The first-order chi connectivity index (χ1) is 8.93. The normalized spacial score (nSPS) is 9.89. The quantitative estimate of drug-likeness (QED) is 0.753. The van der Waals surface area contributed by atoms with Crippen LogP contribution in [0.2, 0.25) is 0 Å². The molecular weight excluding hydrogens is 246 g/mol. The van der Waals surface area contributed by atoms with Crippen LogP contribution in [0.25, 0.3) is 0 Å². The van der Waals surface area contributed by atoms with Crippen LogP contribution < -0.4 is 4.74 Å². The number of carbonyl (C=O) groups is 2. The average molecular weight is 265 g/mol. The minimum atomic E-state index is -0.456. The van der Waals surface area contributed by atoms with Crippen molar-refractivity contribution in [3.63, 3.8) is 0 Å². The molecular formula is C14H19NO4. The van der Waals surface area contributed by atoms with Crippen LogP contribution in [-0.4, -0.2) is 44.1 Å². The highest BCUT2D eigenvalue weighted by atomic mass is 16.5. The Morgan fingerprint density at radius 1 is 1.21 bits per heavy atom. The first-order valence-electron chi connectivity index (χ1n) is 5.95. The molecule has 19 heavy (non-hydrogen) atoms. The molecule has 0 aliphatic heterocycles. The van der Waals surface area contributed by atoms with Crippen LogP contribution in [0.4, 0.5) is 0 Å². The zero-order chi connectivity index (χ0) is 14.4. The smallest absolute Gasteiger partial charge is 0.325 e. The lowest BCUT2D eigenvalue weighted by atomic mass is 10.1. The second-order valence-electron chi connectivity index (χ2n) is 4.36. The third kappa shape index (κ3) is 4.62. The van der Waals surface area contributed by atoms with Crippen LogP contribution in [0.15, 0.2) is 18.2 Å². The molecule has 0 atom stereocenters. The summed E-state index contributed by atoms with van der Waals surface area (Å²) in [5.74, 6) is -0.0893. The molecule has 0 spiro atoms. The standard InChI is InChI=1S/C14H19NO4/c1-10-5-6-12(7-11(10)2)19-9-13(16)15(3)8-14(17)18-4/h5-7H,8-9H2,1-4H3. The number of esters is 1. The maximum Gasteiger partial charge on any atom is 0.325 e. The molecule has 0 aromatic heterocycles. The molecule has 0 aliphatic carbocycles. The molecule has 0 N–H and O–H groups in total. The maximum atomic E-state index is 11.7. The highest BCUT2D eigenvalue weighted by Gasteiger charge is 2.13. The van der Waals surface area contributed by atoms with Crippen molar-refractivity contribution < 1.29 is 19.1 Å². The Bertz CT molecular complexity index is 471. The van der Waals surface area contributed by atoms with E-state index in [1.54, 1.807) is 0 Å². The molecule has 0 bridgehead atoms. The van der Waals surface area contributed by atoms with E-state index in [0.717, 1.165) is 5.56 Å². The van der Waals surface area contributed by atoms with Crippen molar-refractivity contribution in [2.75, 3.05) is 27.3 Å². The number of rotatable bonds is 5. The Balaban J connectivity index is 2.49. The Morgan fingerprint density at radius 2 is 1.89 bits per heavy atom. The Kier molecular flexibility index (Phi) is 5.36. The highest BCUT2D eigenvalue weighted by molar-refractivity contribution is 5.82. The highest BCUT2D eigenvalue weighted by Crippen LogP contribution is 2.16. The molecule has 104 valence electrons. The Hall–Kier alpha value is -2.04. The molecule has 0 fully saturated rings. The summed E-state index contributed by atoms with van der Waals surface area (Å²) < 4.78 is 9.89. The fraction of sp³-hybridized carbons (Fsp3) is 0.429. The summed E-state index contributed by atoms with van der Waals surface area (Å²) in [6, 6.07) is 5.63. The van der Waals surface area contributed by atoms with E-state index >= 15 is 0 Å². The predicted molar refractivity (Wildman–Crippen MR) is 71.1 cm³/mol. The van der Waals surface area contributed by atoms with Crippen molar-refractivity contribution in [2.24, 2.45) is 0 Å². The van der Waals surface area contributed by atoms with E-state index in [2.05, 4.69) is 4.74 Å². The van der Waals surface area contributed by atoms with E-state index in [9.17, 15) is 9.59 Å². The molecule has 0 saturated carbocycles. The second-order valence-corrected chi connectivity index (χ2v) is 4.36. The van der Waals surface area contributed by atoms with Gasteiger partial charge in [-0.15, -0.1) is 0 Å². The number of methoxy groups -OCH3 is 1. The molecule has 0 unspecified atom stereocenters. The van der Waals surface area contributed by atoms with Crippen molar-refractivity contribution in [1.82, 2.24) is 4.90 Å². The van der Waals surface area contributed by atoms with Crippen LogP contribution in [0.1, 0.15) is 11.1 Å². The van der Waals surface area contributed by atoms with E-state index < -0.39 is 5.97 Å². The third-order valence-corrected chi connectivity index (χ3v) is 2.86. The fourth-order valence-electron chi connectivity index (χ4n) is 1.41. The topological polar surface area (TPSA) is 55.8 Å². The number of hydrogen-bond donors (Lipinski definition) is 0. The van der Waals surface area contributed by atoms with Crippen molar-refractivity contribution in [2.45, 2.75) is 13.8 Å². The van der Waals surface area contributed by atoms with Gasteiger partial charge in [-0.25, -0.2) is 0 Å². The van der Waals surface area contributed by atoms with Gasteiger partial charge in [0.1, 0.15) is 12.3 Å². The lowest BCUT2D eigenvalue weighted by Crippen LogP contribution is -2.35. The number of hydrogen-bond acceptors (Lipinski definition) is 4. The number of aryl methyl sites for hydroxylation is 2. The third-order valence-electron chi connectivity index (χ3n) is 2.86. The average Bonchev–Trinajstić information content (AvgIpc) is 2.39. The number of ether oxygens (including phenoxy) is 2.